The molecule has 0 aliphatic carbocycles. The second kappa shape index (κ2) is 6.70. The quantitative estimate of drug-likeness (QED) is 0.777. The van der Waals surface area contributed by atoms with Gasteiger partial charge in [-0.1, -0.05) is 19.1 Å². The van der Waals surface area contributed by atoms with E-state index < -0.39 is 0 Å². The maximum atomic E-state index is 11.8. The molecule has 0 radical (unpaired) electrons. The molecule has 0 saturated carbocycles. The Bertz CT molecular complexity index is 522. The number of anilines is 1. The van der Waals surface area contributed by atoms with Crippen LogP contribution in [-0.2, 0) is 4.79 Å². The first-order chi connectivity index (χ1) is 9.31. The van der Waals surface area contributed by atoms with Gasteiger partial charge in [0.05, 0.1) is 17.9 Å². The Balaban J connectivity index is 2.06. The third-order valence-corrected chi connectivity index (χ3v) is 2.64. The first kappa shape index (κ1) is 13.3. The molecule has 5 heteroatoms. The summed E-state index contributed by atoms with van der Waals surface area (Å²) in [6, 6.07) is 9.45. The van der Waals surface area contributed by atoms with Gasteiger partial charge in [0.2, 0.25) is 5.91 Å². The van der Waals surface area contributed by atoms with Crippen LogP contribution >= 0.6 is 0 Å². The van der Waals surface area contributed by atoms with Gasteiger partial charge in [-0.2, -0.15) is 5.10 Å². The molecule has 0 unspecified atom stereocenters. The molecular formula is C14H18N4O. The van der Waals surface area contributed by atoms with E-state index in [0.29, 0.717) is 6.54 Å². The van der Waals surface area contributed by atoms with Crippen molar-refractivity contribution < 1.29 is 4.79 Å². The number of benzene rings is 1. The van der Waals surface area contributed by atoms with Crippen molar-refractivity contribution in [2.75, 3.05) is 18.4 Å². The van der Waals surface area contributed by atoms with Crippen LogP contribution in [0.2, 0.25) is 0 Å². The van der Waals surface area contributed by atoms with Crippen LogP contribution in [-0.4, -0.2) is 28.8 Å². The maximum Gasteiger partial charge on any atom is 0.238 e. The number of nitrogens with zero attached hydrogens (tertiary/aromatic N) is 2. The zero-order valence-electron chi connectivity index (χ0n) is 11.0. The van der Waals surface area contributed by atoms with Crippen molar-refractivity contribution in [3.8, 4) is 5.69 Å². The van der Waals surface area contributed by atoms with Crippen LogP contribution in [0.15, 0.2) is 42.7 Å². The summed E-state index contributed by atoms with van der Waals surface area (Å²) >= 11 is 0. The van der Waals surface area contributed by atoms with Crippen LogP contribution < -0.4 is 10.6 Å². The Morgan fingerprint density at radius 1 is 1.32 bits per heavy atom. The van der Waals surface area contributed by atoms with Crippen molar-refractivity contribution in [2.24, 2.45) is 0 Å². The molecule has 1 aromatic carbocycles. The summed E-state index contributed by atoms with van der Waals surface area (Å²) in [5, 5.41) is 10.1. The summed E-state index contributed by atoms with van der Waals surface area (Å²) in [5.74, 6) is -0.0481. The molecule has 5 nitrogen and oxygen atoms in total. The highest BCUT2D eigenvalue weighted by Gasteiger charge is 2.07. The van der Waals surface area contributed by atoms with Gasteiger partial charge in [-0.25, -0.2) is 4.68 Å². The van der Waals surface area contributed by atoms with Crippen molar-refractivity contribution in [1.29, 1.82) is 0 Å². The van der Waals surface area contributed by atoms with Gasteiger partial charge in [0.15, 0.2) is 0 Å². The van der Waals surface area contributed by atoms with E-state index in [4.69, 9.17) is 0 Å². The normalized spacial score (nSPS) is 10.4. The molecule has 0 saturated heterocycles. The molecule has 0 aliphatic heterocycles. The fraction of sp³-hybridized carbons (Fsp3) is 0.286. The molecule has 100 valence electrons. The fourth-order valence-corrected chi connectivity index (χ4v) is 1.76. The Kier molecular flexibility index (Phi) is 4.69. The summed E-state index contributed by atoms with van der Waals surface area (Å²) in [6.07, 6.45) is 4.57. The van der Waals surface area contributed by atoms with Crippen LogP contribution in [0.5, 0.6) is 0 Å². The average molecular weight is 258 g/mol. The monoisotopic (exact) mass is 258 g/mol. The molecule has 2 aromatic rings. The lowest BCUT2D eigenvalue weighted by molar-refractivity contribution is -0.115. The van der Waals surface area contributed by atoms with Crippen LogP contribution in [0, 0.1) is 0 Å². The molecule has 0 spiro atoms. The van der Waals surface area contributed by atoms with E-state index in [-0.39, 0.29) is 5.91 Å². The van der Waals surface area contributed by atoms with Crippen LogP contribution in [0.4, 0.5) is 5.69 Å². The number of hydrogen-bond acceptors (Lipinski definition) is 3. The molecule has 0 atom stereocenters. The third kappa shape index (κ3) is 3.66. The molecule has 1 amide bonds. The summed E-state index contributed by atoms with van der Waals surface area (Å²) < 4.78 is 1.73. The van der Waals surface area contributed by atoms with Gasteiger partial charge in [-0.05, 0) is 31.2 Å². The number of rotatable bonds is 6. The van der Waals surface area contributed by atoms with E-state index in [2.05, 4.69) is 22.7 Å². The van der Waals surface area contributed by atoms with Crippen LogP contribution in [0.25, 0.3) is 5.69 Å². The number of amides is 1. The first-order valence-corrected chi connectivity index (χ1v) is 6.41. The number of hydrogen-bond donors (Lipinski definition) is 2. The molecule has 0 bridgehead atoms. The summed E-state index contributed by atoms with van der Waals surface area (Å²) in [4.78, 5) is 11.8. The molecular weight excluding hydrogens is 240 g/mol. The van der Waals surface area contributed by atoms with Gasteiger partial charge in [-0.3, -0.25) is 4.79 Å². The number of para-hydroxylation sites is 2. The molecule has 0 aliphatic rings. The Hall–Kier alpha value is -2.14. The second-order valence-corrected chi connectivity index (χ2v) is 4.19. The first-order valence-electron chi connectivity index (χ1n) is 6.41. The van der Waals surface area contributed by atoms with E-state index >= 15 is 0 Å². The predicted molar refractivity (Wildman–Crippen MR) is 75.4 cm³/mol. The van der Waals surface area contributed by atoms with E-state index in [1.54, 1.807) is 10.9 Å². The maximum absolute atomic E-state index is 11.8. The third-order valence-electron chi connectivity index (χ3n) is 2.64. The van der Waals surface area contributed by atoms with Gasteiger partial charge in [0.1, 0.15) is 0 Å². The Labute approximate surface area is 112 Å². The zero-order valence-corrected chi connectivity index (χ0v) is 11.0. The summed E-state index contributed by atoms with van der Waals surface area (Å²) in [6.45, 7) is 3.23. The number of aromatic nitrogens is 2. The van der Waals surface area contributed by atoms with Crippen molar-refractivity contribution in [1.82, 2.24) is 15.1 Å². The smallest absolute Gasteiger partial charge is 0.238 e. The zero-order chi connectivity index (χ0) is 13.5. The lowest BCUT2D eigenvalue weighted by Gasteiger charge is -2.11. The van der Waals surface area contributed by atoms with E-state index in [0.717, 1.165) is 24.3 Å². The molecule has 19 heavy (non-hydrogen) atoms. The van der Waals surface area contributed by atoms with E-state index in [9.17, 15) is 4.79 Å². The van der Waals surface area contributed by atoms with Crippen LogP contribution in [0.3, 0.4) is 0 Å². The highest BCUT2D eigenvalue weighted by Crippen LogP contribution is 2.18. The van der Waals surface area contributed by atoms with Crippen molar-refractivity contribution in [3.63, 3.8) is 0 Å². The lowest BCUT2D eigenvalue weighted by atomic mass is 10.2. The van der Waals surface area contributed by atoms with Crippen molar-refractivity contribution >= 4 is 11.6 Å². The largest absolute Gasteiger partial charge is 0.323 e. The number of carbonyl (C=O) groups excluding carboxylic acids is 1. The molecule has 1 aromatic heterocycles. The van der Waals surface area contributed by atoms with Gasteiger partial charge >= 0.3 is 0 Å². The molecule has 0 fully saturated rings. The van der Waals surface area contributed by atoms with Crippen molar-refractivity contribution in [2.45, 2.75) is 13.3 Å². The average Bonchev–Trinajstić information content (AvgIpc) is 2.93. The molecule has 1 heterocycles. The predicted octanol–water partition coefficient (Wildman–Crippen LogP) is 1.81. The fourth-order valence-electron chi connectivity index (χ4n) is 1.76. The van der Waals surface area contributed by atoms with Gasteiger partial charge < -0.3 is 10.6 Å². The minimum absolute atomic E-state index is 0.0481. The molecule has 2 N–H and O–H groups in total. The topological polar surface area (TPSA) is 59.0 Å². The van der Waals surface area contributed by atoms with E-state index in [1.165, 1.54) is 0 Å². The van der Waals surface area contributed by atoms with Crippen molar-refractivity contribution in [3.05, 3.63) is 42.7 Å². The summed E-state index contributed by atoms with van der Waals surface area (Å²) in [7, 11) is 0. The standard InChI is InChI=1S/C14H18N4O/c1-2-8-15-11-14(19)17-12-6-3-4-7-13(12)18-10-5-9-16-18/h3-7,9-10,15H,2,8,11H2,1H3,(H,17,19). The van der Waals surface area contributed by atoms with Crippen LogP contribution in [0.1, 0.15) is 13.3 Å². The SMILES string of the molecule is CCCNCC(=O)Nc1ccccc1-n1cccn1. The Morgan fingerprint density at radius 2 is 2.16 bits per heavy atom. The lowest BCUT2D eigenvalue weighted by Crippen LogP contribution is -2.28. The number of nitrogens with one attached hydrogen (secondary N) is 2. The van der Waals surface area contributed by atoms with E-state index in [1.807, 2.05) is 36.5 Å². The summed E-state index contributed by atoms with van der Waals surface area (Å²) in [5.41, 5.74) is 1.62. The Morgan fingerprint density at radius 3 is 2.89 bits per heavy atom. The highest BCUT2D eigenvalue weighted by atomic mass is 16.1. The highest BCUT2D eigenvalue weighted by molar-refractivity contribution is 5.94. The minimum atomic E-state index is -0.0481. The molecule has 2 rings (SSSR count). The number of carbonyl (C=O) groups is 1. The van der Waals surface area contributed by atoms with Gasteiger partial charge in [-0.15, -0.1) is 0 Å². The minimum Gasteiger partial charge on any atom is -0.323 e. The second-order valence-electron chi connectivity index (χ2n) is 4.19. The van der Waals surface area contributed by atoms with Gasteiger partial charge in [0, 0.05) is 12.4 Å². The van der Waals surface area contributed by atoms with Gasteiger partial charge in [0.25, 0.3) is 0 Å².